The van der Waals surface area contributed by atoms with Crippen molar-refractivity contribution in [2.45, 2.75) is 419 Å². The van der Waals surface area contributed by atoms with Crippen LogP contribution in [0, 0.1) is 11.8 Å². The van der Waals surface area contributed by atoms with Crippen molar-refractivity contribution in [1.82, 2.24) is 0 Å². The van der Waals surface area contributed by atoms with Crippen molar-refractivity contribution in [1.29, 1.82) is 0 Å². The molecule has 0 spiro atoms. The third kappa shape index (κ3) is 70.5. The molecule has 0 saturated heterocycles. The largest absolute Gasteiger partial charge is 0.472 e. The van der Waals surface area contributed by atoms with Crippen molar-refractivity contribution in [2.24, 2.45) is 11.8 Å². The highest BCUT2D eigenvalue weighted by molar-refractivity contribution is 7.47. The van der Waals surface area contributed by atoms with E-state index in [2.05, 4.69) is 41.5 Å². The number of hydrogen-bond acceptors (Lipinski definition) is 15. The van der Waals surface area contributed by atoms with E-state index >= 15 is 0 Å². The van der Waals surface area contributed by atoms with E-state index in [9.17, 15) is 43.2 Å². The summed E-state index contributed by atoms with van der Waals surface area (Å²) in [6.45, 7) is 9.59. The van der Waals surface area contributed by atoms with Gasteiger partial charge in [-0.2, -0.15) is 0 Å². The molecule has 96 heavy (non-hydrogen) atoms. The van der Waals surface area contributed by atoms with E-state index in [1.165, 1.54) is 205 Å². The number of aliphatic hydroxyl groups excluding tert-OH is 1. The van der Waals surface area contributed by atoms with Crippen LogP contribution >= 0.6 is 15.6 Å². The molecular weight excluding hydrogens is 1260 g/mol. The Morgan fingerprint density at radius 2 is 0.479 bits per heavy atom. The second-order valence-electron chi connectivity index (χ2n) is 28.7. The average molecular weight is 1410 g/mol. The molecule has 0 saturated carbocycles. The van der Waals surface area contributed by atoms with Gasteiger partial charge in [-0.05, 0) is 37.5 Å². The molecule has 0 rings (SSSR count). The van der Waals surface area contributed by atoms with Crippen molar-refractivity contribution in [3.05, 3.63) is 0 Å². The molecule has 0 aliphatic heterocycles. The molecule has 3 N–H and O–H groups in total. The maximum Gasteiger partial charge on any atom is 0.472 e. The SMILES string of the molecule is CCCCCCCCCCCCCCCCCCCCCC(=O)O[C@H](COC(=O)CCCCCCCCCCCCCCC(C)C)COP(=O)(O)OC[C@@H](O)COP(=O)(O)OC[C@@H](COC(=O)CCCCCCCCC)OC(=O)CCCCCCCCCCCCCCC(C)C. The fourth-order valence-electron chi connectivity index (χ4n) is 11.8. The van der Waals surface area contributed by atoms with Gasteiger partial charge in [0.1, 0.15) is 19.3 Å². The zero-order valence-electron chi connectivity index (χ0n) is 62.7. The molecule has 0 aliphatic carbocycles. The molecule has 0 fully saturated rings. The minimum atomic E-state index is -4.96. The van der Waals surface area contributed by atoms with Crippen LogP contribution in [0.1, 0.15) is 401 Å². The standard InChI is InChI=1S/C77H150O17P2/c1-7-9-11-13-15-16-17-18-19-20-21-22-23-24-32-37-43-49-55-61-77(82)94-73(66-88-75(80)60-54-48-42-36-31-27-25-29-34-40-45-51-57-69(3)4)68-92-96(85,86)90-64-71(78)63-89-95(83,84)91-67-72(65-87-74(79)59-53-47-39-14-12-10-8-2)93-76(81)62-56-50-44-38-33-28-26-30-35-41-46-52-58-70(5)6/h69-73,78H,7-68H2,1-6H3,(H,83,84)(H,85,86)/t71-,72+,73+/m0/s1. The number of phosphoric acid groups is 2. The summed E-state index contributed by atoms with van der Waals surface area (Å²) in [5.74, 6) is -0.559. The van der Waals surface area contributed by atoms with Crippen LogP contribution in [0.4, 0.5) is 0 Å². The Morgan fingerprint density at radius 3 is 0.708 bits per heavy atom. The molecule has 0 aromatic heterocycles. The monoisotopic (exact) mass is 1410 g/mol. The summed E-state index contributed by atoms with van der Waals surface area (Å²) in [6, 6.07) is 0. The van der Waals surface area contributed by atoms with E-state index in [1.54, 1.807) is 0 Å². The molecule has 17 nitrogen and oxygen atoms in total. The van der Waals surface area contributed by atoms with Crippen LogP contribution in [0.15, 0.2) is 0 Å². The predicted octanol–water partition coefficient (Wildman–Crippen LogP) is 22.7. The molecule has 0 aromatic carbocycles. The number of hydrogen-bond donors (Lipinski definition) is 3. The van der Waals surface area contributed by atoms with Crippen LogP contribution in [0.25, 0.3) is 0 Å². The average Bonchev–Trinajstić information content (AvgIpc) is 1.35. The lowest BCUT2D eigenvalue weighted by atomic mass is 10.0. The van der Waals surface area contributed by atoms with E-state index in [0.29, 0.717) is 25.7 Å². The van der Waals surface area contributed by atoms with E-state index in [0.717, 1.165) is 115 Å². The Morgan fingerprint density at radius 1 is 0.281 bits per heavy atom. The summed E-state index contributed by atoms with van der Waals surface area (Å²) >= 11 is 0. The van der Waals surface area contributed by atoms with Crippen molar-refractivity contribution < 1.29 is 80.2 Å². The first-order valence-corrected chi connectivity index (χ1v) is 43.0. The first-order valence-electron chi connectivity index (χ1n) is 40.0. The van der Waals surface area contributed by atoms with Gasteiger partial charge < -0.3 is 33.8 Å². The van der Waals surface area contributed by atoms with Crippen LogP contribution in [0.3, 0.4) is 0 Å². The number of aliphatic hydroxyl groups is 1. The van der Waals surface area contributed by atoms with Gasteiger partial charge in [0.15, 0.2) is 12.2 Å². The van der Waals surface area contributed by atoms with Gasteiger partial charge >= 0.3 is 39.5 Å². The number of ether oxygens (including phenoxy) is 4. The maximum absolute atomic E-state index is 13.1. The minimum Gasteiger partial charge on any atom is -0.462 e. The second-order valence-corrected chi connectivity index (χ2v) is 31.6. The Kier molecular flexibility index (Phi) is 67.4. The first-order chi connectivity index (χ1) is 46.4. The number of carbonyl (C=O) groups excluding carboxylic acids is 4. The van der Waals surface area contributed by atoms with Crippen molar-refractivity contribution in [3.8, 4) is 0 Å². The summed E-state index contributed by atoms with van der Waals surface area (Å²) in [5.41, 5.74) is 0. The van der Waals surface area contributed by atoms with Gasteiger partial charge in [-0.3, -0.25) is 37.3 Å². The molecule has 19 heteroatoms. The number of esters is 4. The lowest BCUT2D eigenvalue weighted by Gasteiger charge is -2.21. The van der Waals surface area contributed by atoms with Gasteiger partial charge in [-0.25, -0.2) is 9.13 Å². The normalized spacial score (nSPS) is 14.0. The molecule has 0 radical (unpaired) electrons. The molecule has 570 valence electrons. The van der Waals surface area contributed by atoms with Crippen LogP contribution in [-0.2, 0) is 65.4 Å². The molecule has 0 heterocycles. The summed E-state index contributed by atoms with van der Waals surface area (Å²) in [5, 5.41) is 10.6. The third-order valence-electron chi connectivity index (χ3n) is 18.0. The summed E-state index contributed by atoms with van der Waals surface area (Å²) < 4.78 is 68.5. The summed E-state index contributed by atoms with van der Waals surface area (Å²) in [6.07, 6.45) is 57.0. The molecule has 0 aromatic rings. The number of rotatable bonds is 76. The van der Waals surface area contributed by atoms with Crippen LogP contribution in [0.5, 0.6) is 0 Å². The Bertz CT molecular complexity index is 1860. The Labute approximate surface area is 588 Å². The highest BCUT2D eigenvalue weighted by atomic mass is 31.2. The predicted molar refractivity (Wildman–Crippen MR) is 391 cm³/mol. The number of unbranched alkanes of at least 4 members (excludes halogenated alkanes) is 46. The number of carbonyl (C=O) groups is 4. The van der Waals surface area contributed by atoms with E-state index in [4.69, 9.17) is 37.0 Å². The molecule has 0 amide bonds. The molecular formula is C77H150O17P2. The topological polar surface area (TPSA) is 237 Å². The zero-order chi connectivity index (χ0) is 70.7. The molecule has 0 bridgehead atoms. The third-order valence-corrected chi connectivity index (χ3v) is 19.9. The smallest absolute Gasteiger partial charge is 0.462 e. The molecule has 5 atom stereocenters. The first kappa shape index (κ1) is 94.1. The highest BCUT2D eigenvalue weighted by Crippen LogP contribution is 2.45. The van der Waals surface area contributed by atoms with Gasteiger partial charge in [0, 0.05) is 25.7 Å². The fourth-order valence-corrected chi connectivity index (χ4v) is 13.4. The van der Waals surface area contributed by atoms with Gasteiger partial charge in [-0.15, -0.1) is 0 Å². The Balaban J connectivity index is 5.19. The van der Waals surface area contributed by atoms with Crippen molar-refractivity contribution >= 4 is 39.5 Å². The summed E-state index contributed by atoms with van der Waals surface area (Å²) in [4.78, 5) is 72.7. The maximum atomic E-state index is 13.1. The van der Waals surface area contributed by atoms with E-state index in [1.807, 2.05) is 0 Å². The van der Waals surface area contributed by atoms with Gasteiger partial charge in [0.05, 0.1) is 26.4 Å². The molecule has 0 aliphatic rings. The van der Waals surface area contributed by atoms with Gasteiger partial charge in [0.2, 0.25) is 0 Å². The van der Waals surface area contributed by atoms with Crippen LogP contribution in [0.2, 0.25) is 0 Å². The lowest BCUT2D eigenvalue weighted by Crippen LogP contribution is -2.30. The lowest BCUT2D eigenvalue weighted by molar-refractivity contribution is -0.161. The fraction of sp³-hybridized carbons (Fsp3) is 0.948. The Hall–Kier alpha value is -1.94. The van der Waals surface area contributed by atoms with E-state index < -0.39 is 97.5 Å². The zero-order valence-corrected chi connectivity index (χ0v) is 64.5. The number of phosphoric ester groups is 2. The van der Waals surface area contributed by atoms with Crippen LogP contribution < -0.4 is 0 Å². The molecule has 2 unspecified atom stereocenters. The minimum absolute atomic E-state index is 0.107. The van der Waals surface area contributed by atoms with Crippen molar-refractivity contribution in [2.75, 3.05) is 39.6 Å². The van der Waals surface area contributed by atoms with Gasteiger partial charge in [0.25, 0.3) is 0 Å². The second kappa shape index (κ2) is 68.8. The van der Waals surface area contributed by atoms with E-state index in [-0.39, 0.29) is 25.7 Å². The summed E-state index contributed by atoms with van der Waals surface area (Å²) in [7, 11) is -9.91. The van der Waals surface area contributed by atoms with Crippen LogP contribution in [-0.4, -0.2) is 96.7 Å². The van der Waals surface area contributed by atoms with Gasteiger partial charge in [-0.1, -0.05) is 350 Å². The van der Waals surface area contributed by atoms with Crippen molar-refractivity contribution in [3.63, 3.8) is 0 Å². The highest BCUT2D eigenvalue weighted by Gasteiger charge is 2.30. The quantitative estimate of drug-likeness (QED) is 0.0222.